The van der Waals surface area contributed by atoms with E-state index in [4.69, 9.17) is 21.1 Å². The maximum Gasteiger partial charge on any atom is 0.255 e. The first-order valence-corrected chi connectivity index (χ1v) is 8.55. The van der Waals surface area contributed by atoms with Gasteiger partial charge in [-0.25, -0.2) is 8.42 Å². The lowest BCUT2D eigenvalue weighted by atomic mass is 10.2. The first-order valence-electron chi connectivity index (χ1n) is 6.62. The molecule has 0 aliphatic carbocycles. The summed E-state index contributed by atoms with van der Waals surface area (Å²) in [6.07, 6.45) is 1.50. The summed E-state index contributed by atoms with van der Waals surface area (Å²) < 4.78 is 37.0. The molecule has 0 atom stereocenters. The number of benzene rings is 2. The molecule has 2 rings (SSSR count). The van der Waals surface area contributed by atoms with Gasteiger partial charge < -0.3 is 9.47 Å². The van der Waals surface area contributed by atoms with Crippen LogP contribution in [-0.2, 0) is 10.0 Å². The molecule has 0 heterocycles. The lowest BCUT2D eigenvalue weighted by Gasteiger charge is -2.12. The third-order valence-corrected chi connectivity index (χ3v) is 4.26. The van der Waals surface area contributed by atoms with Gasteiger partial charge in [0.25, 0.3) is 10.0 Å². The molecular weight excluding hydrogens is 338 g/mol. The zero-order chi connectivity index (χ0) is 16.9. The van der Waals surface area contributed by atoms with E-state index in [1.165, 1.54) is 32.4 Å². The minimum Gasteiger partial charge on any atom is -0.495 e. The highest BCUT2D eigenvalue weighted by atomic mass is 35.5. The lowest BCUT2D eigenvalue weighted by molar-refractivity contribution is 0.396. The quantitative estimate of drug-likeness (QED) is 0.858. The summed E-state index contributed by atoms with van der Waals surface area (Å²) in [5, 5.41) is 1.36. The van der Waals surface area contributed by atoms with Gasteiger partial charge in [-0.1, -0.05) is 41.9 Å². The van der Waals surface area contributed by atoms with Crippen molar-refractivity contribution in [1.82, 2.24) is 0 Å². The largest absolute Gasteiger partial charge is 0.495 e. The zero-order valence-electron chi connectivity index (χ0n) is 12.6. The van der Waals surface area contributed by atoms with Crippen molar-refractivity contribution in [2.24, 2.45) is 0 Å². The molecule has 5 nitrogen and oxygen atoms in total. The third-order valence-electron chi connectivity index (χ3n) is 2.97. The maximum atomic E-state index is 12.2. The van der Waals surface area contributed by atoms with Gasteiger partial charge in [0.05, 0.1) is 30.3 Å². The molecule has 0 spiro atoms. The highest BCUT2D eigenvalue weighted by molar-refractivity contribution is 7.95. The van der Waals surface area contributed by atoms with E-state index in [1.54, 1.807) is 12.1 Å². The molecular formula is C16H16ClNO4S. The van der Waals surface area contributed by atoms with Crippen LogP contribution in [0.3, 0.4) is 0 Å². The first kappa shape index (κ1) is 17.2. The molecule has 122 valence electrons. The van der Waals surface area contributed by atoms with E-state index in [9.17, 15) is 8.42 Å². The first-order chi connectivity index (χ1) is 10.9. The molecule has 0 aromatic heterocycles. The van der Waals surface area contributed by atoms with Crippen molar-refractivity contribution >= 4 is 33.4 Å². The van der Waals surface area contributed by atoms with Crippen molar-refractivity contribution in [3.8, 4) is 11.5 Å². The second-order valence-electron chi connectivity index (χ2n) is 4.55. The monoisotopic (exact) mass is 353 g/mol. The van der Waals surface area contributed by atoms with E-state index < -0.39 is 10.0 Å². The summed E-state index contributed by atoms with van der Waals surface area (Å²) in [5.41, 5.74) is 1.01. The van der Waals surface area contributed by atoms with Crippen molar-refractivity contribution in [2.75, 3.05) is 18.9 Å². The fourth-order valence-electron chi connectivity index (χ4n) is 1.86. The normalized spacial score (nSPS) is 11.4. The molecule has 0 aliphatic rings. The molecule has 0 unspecified atom stereocenters. The van der Waals surface area contributed by atoms with Crippen LogP contribution in [0.1, 0.15) is 5.56 Å². The van der Waals surface area contributed by atoms with Crippen molar-refractivity contribution in [1.29, 1.82) is 0 Å². The van der Waals surface area contributed by atoms with E-state index in [1.807, 2.05) is 18.2 Å². The number of halogens is 1. The fraction of sp³-hybridized carbons (Fsp3) is 0.125. The molecule has 1 N–H and O–H groups in total. The van der Waals surface area contributed by atoms with Crippen LogP contribution in [0.15, 0.2) is 47.9 Å². The van der Waals surface area contributed by atoms with Crippen LogP contribution in [0.5, 0.6) is 11.5 Å². The molecule has 0 saturated heterocycles. The number of sulfonamides is 1. The molecule has 0 amide bonds. The number of methoxy groups -OCH3 is 2. The maximum absolute atomic E-state index is 12.2. The Morgan fingerprint density at radius 2 is 1.70 bits per heavy atom. The Morgan fingerprint density at radius 3 is 2.30 bits per heavy atom. The Hall–Kier alpha value is -2.18. The summed E-state index contributed by atoms with van der Waals surface area (Å²) in [6, 6.07) is 12.1. The van der Waals surface area contributed by atoms with E-state index in [2.05, 4.69) is 4.72 Å². The molecule has 0 radical (unpaired) electrons. The number of hydrogen-bond donors (Lipinski definition) is 1. The Bertz CT molecular complexity index is 804. The number of ether oxygens (including phenoxy) is 2. The van der Waals surface area contributed by atoms with E-state index in [0.29, 0.717) is 11.5 Å². The van der Waals surface area contributed by atoms with Crippen LogP contribution in [0, 0.1) is 0 Å². The minimum atomic E-state index is -3.71. The Labute approximate surface area is 140 Å². The second kappa shape index (κ2) is 7.39. The minimum absolute atomic E-state index is 0.232. The molecule has 0 saturated carbocycles. The average molecular weight is 354 g/mol. The number of nitrogens with one attached hydrogen (secondary N) is 1. The summed E-state index contributed by atoms with van der Waals surface area (Å²) >= 11 is 6.03. The topological polar surface area (TPSA) is 64.6 Å². The Kier molecular flexibility index (Phi) is 5.52. The third kappa shape index (κ3) is 4.64. The van der Waals surface area contributed by atoms with Crippen molar-refractivity contribution in [2.45, 2.75) is 0 Å². The van der Waals surface area contributed by atoms with Gasteiger partial charge in [-0.3, -0.25) is 4.72 Å². The number of anilines is 1. The molecule has 0 bridgehead atoms. The molecule has 2 aromatic rings. The smallest absolute Gasteiger partial charge is 0.255 e. The highest BCUT2D eigenvalue weighted by Gasteiger charge is 2.14. The van der Waals surface area contributed by atoms with Crippen LogP contribution in [0.25, 0.3) is 6.08 Å². The Morgan fingerprint density at radius 1 is 1.04 bits per heavy atom. The fourth-order valence-corrected chi connectivity index (χ4v) is 2.97. The van der Waals surface area contributed by atoms with Gasteiger partial charge in [-0.05, 0) is 17.7 Å². The van der Waals surface area contributed by atoms with Crippen LogP contribution in [-0.4, -0.2) is 22.6 Å². The van der Waals surface area contributed by atoms with Gasteiger partial charge in [0.15, 0.2) is 0 Å². The molecule has 2 aromatic carbocycles. The van der Waals surface area contributed by atoms with Crippen LogP contribution in [0.4, 0.5) is 5.69 Å². The van der Waals surface area contributed by atoms with Gasteiger partial charge in [-0.2, -0.15) is 0 Å². The molecule has 0 aliphatic heterocycles. The molecule has 7 heteroatoms. The van der Waals surface area contributed by atoms with Gasteiger partial charge >= 0.3 is 0 Å². The summed E-state index contributed by atoms with van der Waals surface area (Å²) in [4.78, 5) is 0. The number of rotatable bonds is 6. The standard InChI is InChI=1S/C16H16ClNO4S/c1-21-15-11-16(22-2)14(10-13(15)17)18-23(19,20)9-8-12-6-4-3-5-7-12/h3-11,18H,1-2H3. The van der Waals surface area contributed by atoms with E-state index in [-0.39, 0.29) is 10.7 Å². The Balaban J connectivity index is 2.27. The van der Waals surface area contributed by atoms with Crippen LogP contribution < -0.4 is 14.2 Å². The van der Waals surface area contributed by atoms with Gasteiger partial charge in [0.1, 0.15) is 11.5 Å². The van der Waals surface area contributed by atoms with Gasteiger partial charge in [0.2, 0.25) is 0 Å². The van der Waals surface area contributed by atoms with Crippen molar-refractivity contribution in [3.05, 3.63) is 58.5 Å². The van der Waals surface area contributed by atoms with Crippen molar-refractivity contribution < 1.29 is 17.9 Å². The van der Waals surface area contributed by atoms with E-state index in [0.717, 1.165) is 11.0 Å². The predicted octanol–water partition coefficient (Wildman–Crippen LogP) is 3.77. The number of hydrogen-bond acceptors (Lipinski definition) is 4. The van der Waals surface area contributed by atoms with Crippen LogP contribution in [0.2, 0.25) is 5.02 Å². The lowest BCUT2D eigenvalue weighted by Crippen LogP contribution is -2.10. The predicted molar refractivity (Wildman–Crippen MR) is 92.6 cm³/mol. The summed E-state index contributed by atoms with van der Waals surface area (Å²) in [6.45, 7) is 0. The average Bonchev–Trinajstić information content (AvgIpc) is 2.54. The SMILES string of the molecule is COc1cc(OC)c(NS(=O)(=O)C=Cc2ccccc2)cc1Cl. The molecule has 23 heavy (non-hydrogen) atoms. The van der Waals surface area contributed by atoms with Gasteiger partial charge in [-0.15, -0.1) is 0 Å². The van der Waals surface area contributed by atoms with Crippen molar-refractivity contribution in [3.63, 3.8) is 0 Å². The van der Waals surface area contributed by atoms with Gasteiger partial charge in [0, 0.05) is 6.07 Å². The zero-order valence-corrected chi connectivity index (χ0v) is 14.2. The van der Waals surface area contributed by atoms with Crippen LogP contribution >= 0.6 is 11.6 Å². The summed E-state index contributed by atoms with van der Waals surface area (Å²) in [5.74, 6) is 0.703. The van der Waals surface area contributed by atoms with E-state index >= 15 is 0 Å². The highest BCUT2D eigenvalue weighted by Crippen LogP contribution is 2.36. The second-order valence-corrected chi connectivity index (χ2v) is 6.52. The molecule has 0 fully saturated rings. The summed E-state index contributed by atoms with van der Waals surface area (Å²) in [7, 11) is -0.816.